The van der Waals surface area contributed by atoms with E-state index in [0.717, 1.165) is 74.8 Å². The number of carbonyl (C=O) groups is 1. The molecule has 1 aromatic heterocycles. The van der Waals surface area contributed by atoms with Crippen molar-refractivity contribution >= 4 is 17.5 Å². The van der Waals surface area contributed by atoms with E-state index >= 15 is 0 Å². The molecule has 1 amide bonds. The Kier molecular flexibility index (Phi) is 5.48. The first-order valence-corrected chi connectivity index (χ1v) is 10.5. The lowest BCUT2D eigenvalue weighted by molar-refractivity contribution is -0.123. The van der Waals surface area contributed by atoms with E-state index in [4.69, 9.17) is 16.0 Å². The predicted molar refractivity (Wildman–Crippen MR) is 109 cm³/mol. The Bertz CT molecular complexity index is 814. The third kappa shape index (κ3) is 4.11. The molecule has 0 unspecified atom stereocenters. The molecule has 0 bridgehead atoms. The first-order chi connectivity index (χ1) is 13.5. The van der Waals surface area contributed by atoms with Gasteiger partial charge in [0, 0.05) is 11.6 Å². The van der Waals surface area contributed by atoms with Crippen LogP contribution in [-0.4, -0.2) is 35.4 Å². The average molecular weight is 402 g/mol. The standard InChI is InChI=1S/C22H28ClN3O2/c1-15-16(2)28-20(25-15)14-26-11-7-17(8-12-26)13-24-21(27)22(9-10-22)18-3-5-19(23)6-4-18/h3-6,17H,7-14H2,1-2H3,(H,24,27). The molecule has 2 aromatic rings. The Balaban J connectivity index is 1.24. The van der Waals surface area contributed by atoms with Gasteiger partial charge in [0.15, 0.2) is 0 Å². The number of halogens is 1. The summed E-state index contributed by atoms with van der Waals surface area (Å²) >= 11 is 5.98. The molecule has 1 saturated carbocycles. The molecule has 150 valence electrons. The summed E-state index contributed by atoms with van der Waals surface area (Å²) in [5.41, 5.74) is 1.73. The molecule has 4 rings (SSSR count). The van der Waals surface area contributed by atoms with Gasteiger partial charge in [-0.25, -0.2) is 4.98 Å². The fourth-order valence-electron chi connectivity index (χ4n) is 4.09. The Morgan fingerprint density at radius 3 is 2.50 bits per heavy atom. The zero-order valence-electron chi connectivity index (χ0n) is 16.6. The molecule has 28 heavy (non-hydrogen) atoms. The van der Waals surface area contributed by atoms with Crippen molar-refractivity contribution in [3.8, 4) is 0 Å². The number of carbonyl (C=O) groups excluding carboxylic acids is 1. The lowest BCUT2D eigenvalue weighted by Gasteiger charge is -2.31. The van der Waals surface area contributed by atoms with Gasteiger partial charge in [0.2, 0.25) is 11.8 Å². The van der Waals surface area contributed by atoms with Gasteiger partial charge in [0.05, 0.1) is 17.7 Å². The van der Waals surface area contributed by atoms with E-state index in [9.17, 15) is 4.79 Å². The minimum atomic E-state index is -0.327. The molecule has 2 fully saturated rings. The smallest absolute Gasteiger partial charge is 0.230 e. The summed E-state index contributed by atoms with van der Waals surface area (Å²) in [6.45, 7) is 7.50. The number of nitrogens with one attached hydrogen (secondary N) is 1. The summed E-state index contributed by atoms with van der Waals surface area (Å²) in [5.74, 6) is 2.42. The van der Waals surface area contributed by atoms with Crippen LogP contribution >= 0.6 is 11.6 Å². The van der Waals surface area contributed by atoms with Crippen molar-refractivity contribution in [1.82, 2.24) is 15.2 Å². The van der Waals surface area contributed by atoms with Crippen molar-refractivity contribution in [3.63, 3.8) is 0 Å². The van der Waals surface area contributed by atoms with Gasteiger partial charge in [0.25, 0.3) is 0 Å². The molecule has 0 spiro atoms. The second-order valence-corrected chi connectivity index (χ2v) is 8.70. The molecule has 2 heterocycles. The van der Waals surface area contributed by atoms with E-state index in [2.05, 4.69) is 15.2 Å². The maximum atomic E-state index is 12.8. The molecular formula is C22H28ClN3O2. The van der Waals surface area contributed by atoms with E-state index in [0.29, 0.717) is 10.9 Å². The van der Waals surface area contributed by atoms with Gasteiger partial charge in [-0.1, -0.05) is 23.7 Å². The van der Waals surface area contributed by atoms with Crippen LogP contribution in [0.3, 0.4) is 0 Å². The van der Waals surface area contributed by atoms with E-state index in [-0.39, 0.29) is 11.3 Å². The zero-order valence-corrected chi connectivity index (χ0v) is 17.4. The second-order valence-electron chi connectivity index (χ2n) is 8.27. The SMILES string of the molecule is Cc1nc(CN2CCC(CNC(=O)C3(c4ccc(Cl)cc4)CC3)CC2)oc1C. The molecule has 1 saturated heterocycles. The number of benzene rings is 1. The monoisotopic (exact) mass is 401 g/mol. The number of rotatable bonds is 6. The number of nitrogens with zero attached hydrogens (tertiary/aromatic N) is 2. The number of oxazole rings is 1. The summed E-state index contributed by atoms with van der Waals surface area (Å²) < 4.78 is 5.70. The van der Waals surface area contributed by atoms with Gasteiger partial charge in [-0.05, 0) is 76.2 Å². The van der Waals surface area contributed by atoms with E-state index in [1.54, 1.807) is 0 Å². The van der Waals surface area contributed by atoms with Gasteiger partial charge >= 0.3 is 0 Å². The van der Waals surface area contributed by atoms with Crippen LogP contribution in [0, 0.1) is 19.8 Å². The number of aromatic nitrogens is 1. The van der Waals surface area contributed by atoms with Crippen LogP contribution in [0.5, 0.6) is 0 Å². The van der Waals surface area contributed by atoms with E-state index in [1.807, 2.05) is 38.1 Å². The second kappa shape index (κ2) is 7.88. The highest BCUT2D eigenvalue weighted by molar-refractivity contribution is 6.30. The maximum absolute atomic E-state index is 12.8. The molecule has 1 N–H and O–H groups in total. The first kappa shape index (κ1) is 19.5. The van der Waals surface area contributed by atoms with Gasteiger partial charge < -0.3 is 9.73 Å². The number of likely N-dealkylation sites (tertiary alicyclic amines) is 1. The van der Waals surface area contributed by atoms with Gasteiger partial charge in [0.1, 0.15) is 5.76 Å². The third-order valence-corrected chi connectivity index (χ3v) is 6.52. The van der Waals surface area contributed by atoms with Crippen LogP contribution in [0.15, 0.2) is 28.7 Å². The summed E-state index contributed by atoms with van der Waals surface area (Å²) in [6.07, 6.45) is 4.03. The summed E-state index contributed by atoms with van der Waals surface area (Å²) in [6, 6.07) is 7.71. The van der Waals surface area contributed by atoms with Crippen molar-refractivity contribution in [2.45, 2.75) is 51.5 Å². The van der Waals surface area contributed by atoms with Gasteiger partial charge in [-0.15, -0.1) is 0 Å². The minimum absolute atomic E-state index is 0.169. The van der Waals surface area contributed by atoms with Crippen molar-refractivity contribution in [3.05, 3.63) is 52.2 Å². The van der Waals surface area contributed by atoms with E-state index < -0.39 is 0 Å². The summed E-state index contributed by atoms with van der Waals surface area (Å²) in [5, 5.41) is 3.93. The minimum Gasteiger partial charge on any atom is -0.444 e. The normalized spacial score (nSPS) is 19.5. The molecule has 1 aromatic carbocycles. The molecule has 0 radical (unpaired) electrons. The maximum Gasteiger partial charge on any atom is 0.230 e. The third-order valence-electron chi connectivity index (χ3n) is 6.27. The summed E-state index contributed by atoms with van der Waals surface area (Å²) in [4.78, 5) is 19.7. The molecule has 6 heteroatoms. The lowest BCUT2D eigenvalue weighted by Crippen LogP contribution is -2.41. The number of piperidine rings is 1. The van der Waals surface area contributed by atoms with Crippen molar-refractivity contribution in [2.24, 2.45) is 5.92 Å². The highest BCUT2D eigenvalue weighted by atomic mass is 35.5. The van der Waals surface area contributed by atoms with Crippen LogP contribution in [0.2, 0.25) is 5.02 Å². The van der Waals surface area contributed by atoms with Crippen LogP contribution in [0.4, 0.5) is 0 Å². The molecule has 1 aliphatic heterocycles. The van der Waals surface area contributed by atoms with Crippen molar-refractivity contribution < 1.29 is 9.21 Å². The first-order valence-electron chi connectivity index (χ1n) is 10.2. The fraction of sp³-hybridized carbons (Fsp3) is 0.545. The molecule has 0 atom stereocenters. The fourth-order valence-corrected chi connectivity index (χ4v) is 4.22. The quantitative estimate of drug-likeness (QED) is 0.794. The van der Waals surface area contributed by atoms with Crippen molar-refractivity contribution in [1.29, 1.82) is 0 Å². The largest absolute Gasteiger partial charge is 0.444 e. The van der Waals surface area contributed by atoms with Crippen LogP contribution in [-0.2, 0) is 16.8 Å². The number of hydrogen-bond acceptors (Lipinski definition) is 4. The van der Waals surface area contributed by atoms with Gasteiger partial charge in [-0.2, -0.15) is 0 Å². The van der Waals surface area contributed by atoms with Crippen LogP contribution in [0.1, 0.15) is 48.6 Å². The molecular weight excluding hydrogens is 374 g/mol. The van der Waals surface area contributed by atoms with Crippen LogP contribution in [0.25, 0.3) is 0 Å². The Hall–Kier alpha value is -1.85. The number of hydrogen-bond donors (Lipinski definition) is 1. The topological polar surface area (TPSA) is 58.4 Å². The molecule has 1 aliphatic carbocycles. The molecule has 5 nitrogen and oxygen atoms in total. The lowest BCUT2D eigenvalue weighted by atomic mass is 9.93. The highest BCUT2D eigenvalue weighted by Crippen LogP contribution is 2.48. The van der Waals surface area contributed by atoms with E-state index in [1.165, 1.54) is 0 Å². The molecule has 2 aliphatic rings. The number of aryl methyl sites for hydroxylation is 2. The van der Waals surface area contributed by atoms with Crippen LogP contribution < -0.4 is 5.32 Å². The summed E-state index contributed by atoms with van der Waals surface area (Å²) in [7, 11) is 0. The predicted octanol–water partition coefficient (Wildman–Crippen LogP) is 4.00. The van der Waals surface area contributed by atoms with Crippen molar-refractivity contribution in [2.75, 3.05) is 19.6 Å². The number of amides is 1. The Morgan fingerprint density at radius 1 is 1.25 bits per heavy atom. The Labute approximate surface area is 171 Å². The highest BCUT2D eigenvalue weighted by Gasteiger charge is 2.51. The zero-order chi connectivity index (χ0) is 19.7. The van der Waals surface area contributed by atoms with Gasteiger partial charge in [-0.3, -0.25) is 9.69 Å². The average Bonchev–Trinajstić information content (AvgIpc) is 3.43. The Morgan fingerprint density at radius 2 is 1.93 bits per heavy atom.